The summed E-state index contributed by atoms with van der Waals surface area (Å²) >= 11 is 3.44. The first kappa shape index (κ1) is 13.2. The molecule has 0 heterocycles. The molecule has 0 bridgehead atoms. The van der Waals surface area contributed by atoms with Crippen LogP contribution >= 0.6 is 15.9 Å². The Balaban J connectivity index is 2.41. The minimum Gasteiger partial charge on any atom is -0.306 e. The maximum absolute atomic E-state index is 13.1. The van der Waals surface area contributed by atoms with Crippen LogP contribution in [-0.2, 0) is 0 Å². The topological polar surface area (TPSA) is 12.0 Å². The van der Waals surface area contributed by atoms with Gasteiger partial charge in [0.25, 0.3) is 0 Å². The average molecular weight is 308 g/mol. The predicted molar refractivity (Wildman–Crippen MR) is 76.1 cm³/mol. The zero-order valence-electron chi connectivity index (χ0n) is 10.2. The molecule has 18 heavy (non-hydrogen) atoms. The number of halogens is 2. The molecular weight excluding hydrogens is 293 g/mol. The van der Waals surface area contributed by atoms with Crippen molar-refractivity contribution < 1.29 is 4.39 Å². The molecule has 0 saturated heterocycles. The Morgan fingerprint density at radius 1 is 1.17 bits per heavy atom. The van der Waals surface area contributed by atoms with E-state index >= 15 is 0 Å². The lowest BCUT2D eigenvalue weighted by molar-refractivity contribution is 0.611. The monoisotopic (exact) mass is 307 g/mol. The largest absolute Gasteiger partial charge is 0.306 e. The van der Waals surface area contributed by atoms with Crippen molar-refractivity contribution in [2.75, 3.05) is 6.54 Å². The van der Waals surface area contributed by atoms with Gasteiger partial charge in [-0.25, -0.2) is 4.39 Å². The SMILES string of the molecule is CCNC(c1ccccc1)c1ccc(F)cc1Br. The summed E-state index contributed by atoms with van der Waals surface area (Å²) in [6.45, 7) is 2.91. The van der Waals surface area contributed by atoms with Crippen LogP contribution in [0, 0.1) is 5.82 Å². The van der Waals surface area contributed by atoms with E-state index in [0.717, 1.165) is 16.6 Å². The van der Waals surface area contributed by atoms with Crippen molar-refractivity contribution in [2.45, 2.75) is 13.0 Å². The molecule has 2 aromatic rings. The molecule has 2 aromatic carbocycles. The summed E-state index contributed by atoms with van der Waals surface area (Å²) in [7, 11) is 0. The Morgan fingerprint density at radius 2 is 1.89 bits per heavy atom. The van der Waals surface area contributed by atoms with Gasteiger partial charge in [0, 0.05) is 4.47 Å². The molecule has 1 nitrogen and oxygen atoms in total. The van der Waals surface area contributed by atoms with Gasteiger partial charge in [0.2, 0.25) is 0 Å². The summed E-state index contributed by atoms with van der Waals surface area (Å²) in [5, 5.41) is 3.42. The van der Waals surface area contributed by atoms with E-state index in [1.165, 1.54) is 17.7 Å². The fourth-order valence-electron chi connectivity index (χ4n) is 1.99. The number of nitrogens with one attached hydrogen (secondary N) is 1. The van der Waals surface area contributed by atoms with Crippen molar-refractivity contribution in [3.05, 3.63) is 69.9 Å². The second-order valence-corrected chi connectivity index (χ2v) is 4.92. The molecule has 2 rings (SSSR count). The van der Waals surface area contributed by atoms with Gasteiger partial charge in [-0.05, 0) is 29.8 Å². The van der Waals surface area contributed by atoms with Gasteiger partial charge < -0.3 is 5.32 Å². The molecule has 0 fully saturated rings. The predicted octanol–water partition coefficient (Wildman–Crippen LogP) is 4.29. The Hall–Kier alpha value is -1.19. The van der Waals surface area contributed by atoms with Crippen LogP contribution in [0.3, 0.4) is 0 Å². The zero-order valence-corrected chi connectivity index (χ0v) is 11.7. The van der Waals surface area contributed by atoms with Gasteiger partial charge in [0.1, 0.15) is 5.82 Å². The zero-order chi connectivity index (χ0) is 13.0. The van der Waals surface area contributed by atoms with Gasteiger partial charge in [0.05, 0.1) is 6.04 Å². The average Bonchev–Trinajstić information content (AvgIpc) is 2.38. The summed E-state index contributed by atoms with van der Waals surface area (Å²) in [4.78, 5) is 0. The smallest absolute Gasteiger partial charge is 0.124 e. The first-order chi connectivity index (χ1) is 8.72. The maximum Gasteiger partial charge on any atom is 0.124 e. The van der Waals surface area contributed by atoms with Crippen molar-refractivity contribution in [1.82, 2.24) is 5.32 Å². The van der Waals surface area contributed by atoms with E-state index in [-0.39, 0.29) is 11.9 Å². The first-order valence-corrected chi connectivity index (χ1v) is 6.75. The molecule has 0 radical (unpaired) electrons. The molecule has 0 spiro atoms. The molecule has 1 N–H and O–H groups in total. The van der Waals surface area contributed by atoms with Crippen LogP contribution in [0.4, 0.5) is 4.39 Å². The number of hydrogen-bond donors (Lipinski definition) is 1. The second kappa shape index (κ2) is 6.12. The summed E-state index contributed by atoms with van der Waals surface area (Å²) in [5.41, 5.74) is 2.22. The van der Waals surface area contributed by atoms with E-state index < -0.39 is 0 Å². The molecule has 0 amide bonds. The third-order valence-corrected chi connectivity index (χ3v) is 3.50. The van der Waals surface area contributed by atoms with Gasteiger partial charge in [-0.3, -0.25) is 0 Å². The highest BCUT2D eigenvalue weighted by atomic mass is 79.9. The first-order valence-electron chi connectivity index (χ1n) is 5.95. The van der Waals surface area contributed by atoms with Crippen molar-refractivity contribution in [2.24, 2.45) is 0 Å². The molecule has 3 heteroatoms. The van der Waals surface area contributed by atoms with Gasteiger partial charge in [-0.1, -0.05) is 59.3 Å². The van der Waals surface area contributed by atoms with Crippen LogP contribution in [0.15, 0.2) is 53.0 Å². The van der Waals surface area contributed by atoms with Crippen LogP contribution in [0.5, 0.6) is 0 Å². The Kier molecular flexibility index (Phi) is 4.50. The Morgan fingerprint density at radius 3 is 2.50 bits per heavy atom. The fourth-order valence-corrected chi connectivity index (χ4v) is 2.57. The van der Waals surface area contributed by atoms with Crippen LogP contribution in [0.2, 0.25) is 0 Å². The summed E-state index contributed by atoms with van der Waals surface area (Å²) in [6, 6.07) is 15.0. The van der Waals surface area contributed by atoms with Crippen LogP contribution in [0.1, 0.15) is 24.1 Å². The highest BCUT2D eigenvalue weighted by Gasteiger charge is 2.15. The Labute approximate surface area is 115 Å². The van der Waals surface area contributed by atoms with Crippen LogP contribution in [-0.4, -0.2) is 6.54 Å². The Bertz CT molecular complexity index is 513. The molecule has 0 aliphatic heterocycles. The van der Waals surface area contributed by atoms with Crippen molar-refractivity contribution in [1.29, 1.82) is 0 Å². The van der Waals surface area contributed by atoms with E-state index in [1.807, 2.05) is 24.3 Å². The highest BCUT2D eigenvalue weighted by Crippen LogP contribution is 2.29. The lowest BCUT2D eigenvalue weighted by atomic mass is 9.99. The lowest BCUT2D eigenvalue weighted by Gasteiger charge is -2.20. The number of benzene rings is 2. The van der Waals surface area contributed by atoms with E-state index in [1.54, 1.807) is 0 Å². The summed E-state index contributed by atoms with van der Waals surface area (Å²) in [6.07, 6.45) is 0. The van der Waals surface area contributed by atoms with E-state index in [4.69, 9.17) is 0 Å². The normalized spacial score (nSPS) is 12.4. The van der Waals surface area contributed by atoms with Crippen molar-refractivity contribution >= 4 is 15.9 Å². The third kappa shape index (κ3) is 2.98. The second-order valence-electron chi connectivity index (χ2n) is 4.07. The standard InChI is InChI=1S/C15H15BrFN/c1-2-18-15(11-6-4-3-5-7-11)13-9-8-12(17)10-14(13)16/h3-10,15,18H,2H2,1H3. The van der Waals surface area contributed by atoms with E-state index in [9.17, 15) is 4.39 Å². The molecule has 94 valence electrons. The quantitative estimate of drug-likeness (QED) is 0.888. The minimum absolute atomic E-state index is 0.0752. The highest BCUT2D eigenvalue weighted by molar-refractivity contribution is 9.10. The van der Waals surface area contributed by atoms with Crippen LogP contribution < -0.4 is 5.32 Å². The van der Waals surface area contributed by atoms with Crippen LogP contribution in [0.25, 0.3) is 0 Å². The molecule has 0 saturated carbocycles. The summed E-state index contributed by atoms with van der Waals surface area (Å²) in [5.74, 6) is -0.228. The molecule has 1 atom stereocenters. The van der Waals surface area contributed by atoms with Gasteiger partial charge in [-0.15, -0.1) is 0 Å². The number of rotatable bonds is 4. The molecule has 0 aromatic heterocycles. The molecule has 1 unspecified atom stereocenters. The molecule has 0 aliphatic carbocycles. The molecule has 0 aliphatic rings. The fraction of sp³-hybridized carbons (Fsp3) is 0.200. The molecular formula is C15H15BrFN. The summed E-state index contributed by atoms with van der Waals surface area (Å²) < 4.78 is 13.9. The van der Waals surface area contributed by atoms with Gasteiger partial charge in [-0.2, -0.15) is 0 Å². The minimum atomic E-state index is -0.228. The van der Waals surface area contributed by atoms with Crippen molar-refractivity contribution in [3.63, 3.8) is 0 Å². The van der Waals surface area contributed by atoms with E-state index in [2.05, 4.69) is 40.3 Å². The maximum atomic E-state index is 13.1. The van der Waals surface area contributed by atoms with Crippen molar-refractivity contribution in [3.8, 4) is 0 Å². The lowest BCUT2D eigenvalue weighted by Crippen LogP contribution is -2.22. The van der Waals surface area contributed by atoms with Gasteiger partial charge in [0.15, 0.2) is 0 Å². The third-order valence-electron chi connectivity index (χ3n) is 2.81. The van der Waals surface area contributed by atoms with E-state index in [0.29, 0.717) is 0 Å². The number of hydrogen-bond acceptors (Lipinski definition) is 1. The van der Waals surface area contributed by atoms with Gasteiger partial charge >= 0.3 is 0 Å².